The first-order valence-electron chi connectivity index (χ1n) is 5.37. The third-order valence-corrected chi connectivity index (χ3v) is 3.83. The highest BCUT2D eigenvalue weighted by atomic mass is 32.2. The van der Waals surface area contributed by atoms with Crippen LogP contribution in [-0.4, -0.2) is 33.8 Å². The standard InChI is InChI=1S/C9H13N7O2S/c1-5-6(2)13-15-9(12-5)16-19(17,18)8-7(3-10)4-11-14-8/h4H,3,10H2,1-2H3,(H,11,14)(H,12,15,16). The Kier molecular flexibility index (Phi) is 3.44. The lowest BCUT2D eigenvalue weighted by Crippen LogP contribution is -2.18. The number of nitrogens with one attached hydrogen (secondary N) is 2. The van der Waals surface area contributed by atoms with Crippen molar-refractivity contribution in [2.45, 2.75) is 25.4 Å². The number of nitrogens with two attached hydrogens (primary N) is 1. The Morgan fingerprint density at radius 3 is 2.68 bits per heavy atom. The summed E-state index contributed by atoms with van der Waals surface area (Å²) < 4.78 is 26.4. The first-order valence-corrected chi connectivity index (χ1v) is 6.85. The van der Waals surface area contributed by atoms with Crippen molar-refractivity contribution in [3.63, 3.8) is 0 Å². The zero-order valence-electron chi connectivity index (χ0n) is 10.4. The first kappa shape index (κ1) is 13.4. The monoisotopic (exact) mass is 283 g/mol. The molecule has 0 radical (unpaired) electrons. The van der Waals surface area contributed by atoms with Gasteiger partial charge in [-0.25, -0.2) is 9.71 Å². The molecule has 0 unspecified atom stereocenters. The van der Waals surface area contributed by atoms with Crippen molar-refractivity contribution in [1.29, 1.82) is 0 Å². The van der Waals surface area contributed by atoms with Crippen molar-refractivity contribution in [3.05, 3.63) is 23.1 Å². The van der Waals surface area contributed by atoms with Gasteiger partial charge in [-0.2, -0.15) is 18.6 Å². The molecule has 9 nitrogen and oxygen atoms in total. The molecule has 0 aromatic carbocycles. The lowest BCUT2D eigenvalue weighted by molar-refractivity contribution is 0.595. The highest BCUT2D eigenvalue weighted by Gasteiger charge is 2.21. The number of aromatic amines is 1. The predicted octanol–water partition coefficient (Wildman–Crippen LogP) is -0.529. The van der Waals surface area contributed by atoms with Crippen LogP contribution >= 0.6 is 0 Å². The van der Waals surface area contributed by atoms with E-state index in [4.69, 9.17) is 5.73 Å². The molecule has 2 aromatic rings. The number of rotatable bonds is 4. The fourth-order valence-corrected chi connectivity index (χ4v) is 2.43. The van der Waals surface area contributed by atoms with Gasteiger partial charge in [0.05, 0.1) is 17.6 Å². The minimum Gasteiger partial charge on any atom is -0.326 e. The molecule has 0 aliphatic rings. The summed E-state index contributed by atoms with van der Waals surface area (Å²) in [5.41, 5.74) is 7.04. The van der Waals surface area contributed by atoms with E-state index in [1.807, 2.05) is 0 Å². The summed E-state index contributed by atoms with van der Waals surface area (Å²) >= 11 is 0. The Morgan fingerprint density at radius 2 is 2.05 bits per heavy atom. The van der Waals surface area contributed by atoms with Gasteiger partial charge in [0.15, 0.2) is 5.03 Å². The highest BCUT2D eigenvalue weighted by Crippen LogP contribution is 2.14. The average Bonchev–Trinajstić information content (AvgIpc) is 2.82. The van der Waals surface area contributed by atoms with Crippen LogP contribution in [-0.2, 0) is 16.6 Å². The van der Waals surface area contributed by atoms with Gasteiger partial charge in [0, 0.05) is 12.1 Å². The van der Waals surface area contributed by atoms with Crippen LogP contribution in [0.25, 0.3) is 0 Å². The molecule has 10 heteroatoms. The van der Waals surface area contributed by atoms with Gasteiger partial charge in [-0.1, -0.05) is 0 Å². The molecule has 19 heavy (non-hydrogen) atoms. The van der Waals surface area contributed by atoms with Gasteiger partial charge in [-0.3, -0.25) is 5.10 Å². The lowest BCUT2D eigenvalue weighted by Gasteiger charge is -2.06. The fraction of sp³-hybridized carbons (Fsp3) is 0.333. The summed E-state index contributed by atoms with van der Waals surface area (Å²) in [6.07, 6.45) is 1.36. The average molecular weight is 283 g/mol. The number of H-pyrrole nitrogens is 1. The van der Waals surface area contributed by atoms with E-state index in [1.54, 1.807) is 13.8 Å². The van der Waals surface area contributed by atoms with Gasteiger partial charge < -0.3 is 5.73 Å². The van der Waals surface area contributed by atoms with E-state index in [0.717, 1.165) is 0 Å². The third-order valence-electron chi connectivity index (χ3n) is 2.48. The summed E-state index contributed by atoms with van der Waals surface area (Å²) in [7, 11) is -3.86. The zero-order valence-corrected chi connectivity index (χ0v) is 11.2. The molecule has 0 saturated carbocycles. The number of aryl methyl sites for hydroxylation is 2. The van der Waals surface area contributed by atoms with E-state index >= 15 is 0 Å². The second kappa shape index (κ2) is 4.90. The van der Waals surface area contributed by atoms with Crippen molar-refractivity contribution in [1.82, 2.24) is 25.4 Å². The van der Waals surface area contributed by atoms with Gasteiger partial charge >= 0.3 is 0 Å². The molecule has 0 amide bonds. The number of aromatic nitrogens is 5. The Morgan fingerprint density at radius 1 is 1.32 bits per heavy atom. The van der Waals surface area contributed by atoms with Gasteiger partial charge in [-0.05, 0) is 13.8 Å². The minimum atomic E-state index is -3.86. The fourth-order valence-electron chi connectivity index (χ4n) is 1.35. The summed E-state index contributed by atoms with van der Waals surface area (Å²) in [6.45, 7) is 3.50. The van der Waals surface area contributed by atoms with Crippen LogP contribution in [0.5, 0.6) is 0 Å². The Balaban J connectivity index is 2.34. The summed E-state index contributed by atoms with van der Waals surface area (Å²) in [4.78, 5) is 3.99. The molecule has 2 aromatic heterocycles. The van der Waals surface area contributed by atoms with Crippen LogP contribution in [0.2, 0.25) is 0 Å². The maximum absolute atomic E-state index is 12.1. The van der Waals surface area contributed by atoms with Crippen molar-refractivity contribution >= 4 is 16.0 Å². The summed E-state index contributed by atoms with van der Waals surface area (Å²) in [5.74, 6) is -0.0966. The van der Waals surface area contributed by atoms with Gasteiger partial charge in [0.25, 0.3) is 16.0 Å². The SMILES string of the molecule is Cc1nnc(NS(=O)(=O)c2[nH]ncc2CN)nc1C. The quantitative estimate of drug-likeness (QED) is 0.685. The number of sulfonamides is 1. The van der Waals surface area contributed by atoms with Crippen LogP contribution in [0.3, 0.4) is 0 Å². The minimum absolute atomic E-state index is 0.0543. The molecule has 2 rings (SSSR count). The third kappa shape index (κ3) is 2.69. The highest BCUT2D eigenvalue weighted by molar-refractivity contribution is 7.92. The van der Waals surface area contributed by atoms with Crippen LogP contribution in [0.15, 0.2) is 11.2 Å². The normalized spacial score (nSPS) is 11.5. The second-order valence-electron chi connectivity index (χ2n) is 3.84. The van der Waals surface area contributed by atoms with Crippen molar-refractivity contribution in [2.24, 2.45) is 5.73 Å². The van der Waals surface area contributed by atoms with Gasteiger partial charge in [0.2, 0.25) is 0 Å². The number of hydrogen-bond donors (Lipinski definition) is 3. The van der Waals surface area contributed by atoms with E-state index in [-0.39, 0.29) is 17.5 Å². The Hall–Kier alpha value is -2.07. The number of anilines is 1. The van der Waals surface area contributed by atoms with E-state index in [9.17, 15) is 8.42 Å². The van der Waals surface area contributed by atoms with Gasteiger partial charge in [-0.15, -0.1) is 5.10 Å². The molecular formula is C9H13N7O2S. The molecular weight excluding hydrogens is 270 g/mol. The van der Waals surface area contributed by atoms with E-state index in [1.165, 1.54) is 6.20 Å². The van der Waals surface area contributed by atoms with Crippen molar-refractivity contribution in [2.75, 3.05) is 4.72 Å². The first-order chi connectivity index (χ1) is 8.94. The van der Waals surface area contributed by atoms with Crippen LogP contribution in [0.1, 0.15) is 17.0 Å². The topological polar surface area (TPSA) is 140 Å². The molecule has 0 atom stereocenters. The molecule has 0 aliphatic heterocycles. The van der Waals surface area contributed by atoms with E-state index < -0.39 is 10.0 Å². The molecule has 0 bridgehead atoms. The number of hydrogen-bond acceptors (Lipinski definition) is 7. The molecule has 0 aliphatic carbocycles. The molecule has 2 heterocycles. The molecule has 0 saturated heterocycles. The molecule has 4 N–H and O–H groups in total. The largest absolute Gasteiger partial charge is 0.326 e. The van der Waals surface area contributed by atoms with Crippen molar-refractivity contribution < 1.29 is 8.42 Å². The molecule has 0 fully saturated rings. The summed E-state index contributed by atoms with van der Waals surface area (Å²) in [5, 5.41) is 13.4. The van der Waals surface area contributed by atoms with E-state index in [2.05, 4.69) is 30.1 Å². The second-order valence-corrected chi connectivity index (χ2v) is 5.46. The smallest absolute Gasteiger partial charge is 0.281 e. The molecule has 102 valence electrons. The van der Waals surface area contributed by atoms with Crippen molar-refractivity contribution in [3.8, 4) is 0 Å². The van der Waals surface area contributed by atoms with Crippen LogP contribution in [0, 0.1) is 13.8 Å². The van der Waals surface area contributed by atoms with Crippen LogP contribution in [0.4, 0.5) is 5.95 Å². The summed E-state index contributed by atoms with van der Waals surface area (Å²) in [6, 6.07) is 0. The Bertz CT molecular complexity index is 694. The lowest BCUT2D eigenvalue weighted by atomic mass is 10.4. The molecule has 0 spiro atoms. The number of nitrogens with zero attached hydrogens (tertiary/aromatic N) is 4. The Labute approximate surface area is 109 Å². The van der Waals surface area contributed by atoms with Crippen LogP contribution < -0.4 is 10.5 Å². The van der Waals surface area contributed by atoms with E-state index in [0.29, 0.717) is 17.0 Å². The maximum atomic E-state index is 12.1. The van der Waals surface area contributed by atoms with Gasteiger partial charge in [0.1, 0.15) is 0 Å². The zero-order chi connectivity index (χ0) is 14.0. The maximum Gasteiger partial charge on any atom is 0.281 e. The predicted molar refractivity (Wildman–Crippen MR) is 66.6 cm³/mol.